The molecule has 0 saturated carbocycles. The molecule has 0 unspecified atom stereocenters. The number of benzene rings is 2. The summed E-state index contributed by atoms with van der Waals surface area (Å²) in [5, 5.41) is 2.77. The number of hydrogen-bond donors (Lipinski definition) is 0. The van der Waals surface area contributed by atoms with Crippen molar-refractivity contribution in [1.82, 2.24) is 0 Å². The van der Waals surface area contributed by atoms with Crippen LogP contribution in [-0.2, 0) is 6.42 Å². The van der Waals surface area contributed by atoms with E-state index in [2.05, 4.69) is 59.8 Å². The van der Waals surface area contributed by atoms with Gasteiger partial charge in [-0.1, -0.05) is 48.6 Å². The van der Waals surface area contributed by atoms with Gasteiger partial charge >= 0.3 is 0 Å². The number of fused-ring (bicyclic) bond motifs is 6. The van der Waals surface area contributed by atoms with E-state index in [9.17, 15) is 0 Å². The fraction of sp³-hybridized carbons (Fsp3) is 0.211. The molecule has 1 heterocycles. The smallest absolute Gasteiger partial charge is 0.0392 e. The van der Waals surface area contributed by atoms with Gasteiger partial charge in [0.2, 0.25) is 0 Å². The van der Waals surface area contributed by atoms with Crippen LogP contribution in [0.2, 0.25) is 0 Å². The number of hydrogen-bond acceptors (Lipinski definition) is 1. The molecule has 1 aliphatic heterocycles. The SMILES string of the molecule is C1=Cc2c3c(c4ccccc4c2C=CC1)CCCN=C3. The lowest BCUT2D eigenvalue weighted by Gasteiger charge is -2.16. The van der Waals surface area contributed by atoms with Gasteiger partial charge in [-0.2, -0.15) is 0 Å². The monoisotopic (exact) mass is 259 g/mol. The molecular weight excluding hydrogens is 242 g/mol. The first kappa shape index (κ1) is 11.7. The van der Waals surface area contributed by atoms with Crippen molar-refractivity contribution in [3.8, 4) is 0 Å². The number of aryl methyl sites for hydroxylation is 1. The highest BCUT2D eigenvalue weighted by Crippen LogP contribution is 2.34. The zero-order valence-corrected chi connectivity index (χ0v) is 11.5. The van der Waals surface area contributed by atoms with Gasteiger partial charge in [0.05, 0.1) is 0 Å². The van der Waals surface area contributed by atoms with Crippen LogP contribution in [0.1, 0.15) is 35.1 Å². The summed E-state index contributed by atoms with van der Waals surface area (Å²) in [6.45, 7) is 0.942. The van der Waals surface area contributed by atoms with Crippen molar-refractivity contribution < 1.29 is 0 Å². The quantitative estimate of drug-likeness (QED) is 0.654. The molecule has 20 heavy (non-hydrogen) atoms. The van der Waals surface area contributed by atoms with Crippen molar-refractivity contribution in [1.29, 1.82) is 0 Å². The van der Waals surface area contributed by atoms with Gasteiger partial charge in [-0.3, -0.25) is 4.99 Å². The molecule has 0 atom stereocenters. The topological polar surface area (TPSA) is 12.4 Å². The number of allylic oxidation sites excluding steroid dienone is 2. The summed E-state index contributed by atoms with van der Waals surface area (Å²) in [6.07, 6.45) is 14.4. The Kier molecular flexibility index (Phi) is 2.77. The molecular formula is C19H17N. The normalized spacial score (nSPS) is 16.6. The van der Waals surface area contributed by atoms with Crippen LogP contribution in [0.3, 0.4) is 0 Å². The van der Waals surface area contributed by atoms with Crippen LogP contribution >= 0.6 is 0 Å². The van der Waals surface area contributed by atoms with Crippen molar-refractivity contribution >= 4 is 29.1 Å². The Morgan fingerprint density at radius 1 is 0.850 bits per heavy atom. The predicted molar refractivity (Wildman–Crippen MR) is 87.4 cm³/mol. The third kappa shape index (κ3) is 1.74. The Bertz CT molecular complexity index is 763. The second-order valence-corrected chi connectivity index (χ2v) is 5.44. The fourth-order valence-electron chi connectivity index (χ4n) is 3.31. The standard InChI is InChI=1S/C19H17N/c1-2-7-15-14-9-4-5-10-16(14)18-11-6-12-20-13-19(18)17(15)8-3-1/h2-5,7-10,13H,1,6,11-12H2. The van der Waals surface area contributed by atoms with E-state index in [0.29, 0.717) is 0 Å². The van der Waals surface area contributed by atoms with Crippen LogP contribution in [0, 0.1) is 0 Å². The minimum Gasteiger partial charge on any atom is -0.293 e. The van der Waals surface area contributed by atoms with Crippen molar-refractivity contribution in [2.45, 2.75) is 19.3 Å². The number of aliphatic imine (C=N–C) groups is 1. The largest absolute Gasteiger partial charge is 0.293 e. The Labute approximate surface area is 119 Å². The van der Waals surface area contributed by atoms with Gasteiger partial charge in [0.1, 0.15) is 0 Å². The summed E-state index contributed by atoms with van der Waals surface area (Å²) >= 11 is 0. The van der Waals surface area contributed by atoms with E-state index in [1.54, 1.807) is 0 Å². The lowest BCUT2D eigenvalue weighted by Crippen LogP contribution is -2.00. The number of rotatable bonds is 0. The Morgan fingerprint density at radius 3 is 2.55 bits per heavy atom. The highest BCUT2D eigenvalue weighted by atomic mass is 14.7. The molecule has 0 saturated heterocycles. The molecule has 98 valence electrons. The molecule has 0 fully saturated rings. The third-order valence-electron chi connectivity index (χ3n) is 4.22. The Balaban J connectivity index is 2.19. The van der Waals surface area contributed by atoms with E-state index in [4.69, 9.17) is 0 Å². The molecule has 0 spiro atoms. The Morgan fingerprint density at radius 2 is 1.65 bits per heavy atom. The second kappa shape index (κ2) is 4.75. The molecule has 2 aromatic rings. The van der Waals surface area contributed by atoms with Gasteiger partial charge in [-0.05, 0) is 46.7 Å². The van der Waals surface area contributed by atoms with Crippen molar-refractivity contribution in [2.75, 3.05) is 6.54 Å². The van der Waals surface area contributed by atoms with Gasteiger partial charge in [-0.15, -0.1) is 0 Å². The summed E-state index contributed by atoms with van der Waals surface area (Å²) in [5.41, 5.74) is 5.50. The van der Waals surface area contributed by atoms with Gasteiger partial charge in [0.15, 0.2) is 0 Å². The van der Waals surface area contributed by atoms with Gasteiger partial charge in [0, 0.05) is 18.3 Å². The lowest BCUT2D eigenvalue weighted by molar-refractivity contribution is 0.850. The molecule has 1 aliphatic carbocycles. The van der Waals surface area contributed by atoms with E-state index in [1.165, 1.54) is 33.0 Å². The van der Waals surface area contributed by atoms with Crippen LogP contribution in [0.5, 0.6) is 0 Å². The summed E-state index contributed by atoms with van der Waals surface area (Å²) in [6, 6.07) is 8.80. The highest BCUT2D eigenvalue weighted by molar-refractivity contribution is 6.04. The summed E-state index contributed by atoms with van der Waals surface area (Å²) < 4.78 is 0. The maximum absolute atomic E-state index is 4.57. The minimum absolute atomic E-state index is 0.942. The highest BCUT2D eigenvalue weighted by Gasteiger charge is 2.17. The molecule has 4 rings (SSSR count). The van der Waals surface area contributed by atoms with E-state index >= 15 is 0 Å². The van der Waals surface area contributed by atoms with Gasteiger partial charge in [0.25, 0.3) is 0 Å². The maximum atomic E-state index is 4.57. The first-order valence-corrected chi connectivity index (χ1v) is 7.35. The molecule has 0 amide bonds. The van der Waals surface area contributed by atoms with Crippen molar-refractivity contribution in [2.24, 2.45) is 4.99 Å². The van der Waals surface area contributed by atoms with Crippen LogP contribution < -0.4 is 0 Å². The number of nitrogens with zero attached hydrogens (tertiary/aromatic N) is 1. The zero-order chi connectivity index (χ0) is 13.4. The van der Waals surface area contributed by atoms with Crippen LogP contribution in [0.15, 0.2) is 41.4 Å². The van der Waals surface area contributed by atoms with E-state index < -0.39 is 0 Å². The van der Waals surface area contributed by atoms with Gasteiger partial charge < -0.3 is 0 Å². The summed E-state index contributed by atoms with van der Waals surface area (Å²) in [4.78, 5) is 4.57. The van der Waals surface area contributed by atoms with Crippen LogP contribution in [0.25, 0.3) is 22.9 Å². The lowest BCUT2D eigenvalue weighted by atomic mass is 9.88. The molecule has 0 N–H and O–H groups in total. The zero-order valence-electron chi connectivity index (χ0n) is 11.5. The molecule has 0 bridgehead atoms. The Hall–Kier alpha value is -2.15. The average Bonchev–Trinajstić information content (AvgIpc) is 2.88. The van der Waals surface area contributed by atoms with Crippen LogP contribution in [0.4, 0.5) is 0 Å². The molecule has 1 nitrogen and oxygen atoms in total. The third-order valence-corrected chi connectivity index (χ3v) is 4.22. The first-order chi connectivity index (χ1) is 9.95. The van der Waals surface area contributed by atoms with Gasteiger partial charge in [-0.25, -0.2) is 0 Å². The van der Waals surface area contributed by atoms with E-state index in [1.807, 2.05) is 0 Å². The molecule has 0 aromatic heterocycles. The second-order valence-electron chi connectivity index (χ2n) is 5.44. The fourth-order valence-corrected chi connectivity index (χ4v) is 3.31. The first-order valence-electron chi connectivity index (χ1n) is 7.35. The minimum atomic E-state index is 0.942. The van der Waals surface area contributed by atoms with Crippen molar-refractivity contribution in [3.63, 3.8) is 0 Å². The summed E-state index contributed by atoms with van der Waals surface area (Å²) in [7, 11) is 0. The van der Waals surface area contributed by atoms with Crippen molar-refractivity contribution in [3.05, 3.63) is 58.7 Å². The predicted octanol–water partition coefficient (Wildman–Crippen LogP) is 4.64. The molecule has 1 heteroatoms. The van der Waals surface area contributed by atoms with E-state index in [-0.39, 0.29) is 0 Å². The molecule has 0 radical (unpaired) electrons. The maximum Gasteiger partial charge on any atom is 0.0392 e. The molecule has 2 aliphatic rings. The van der Waals surface area contributed by atoms with Crippen LogP contribution in [-0.4, -0.2) is 12.8 Å². The molecule has 2 aromatic carbocycles. The van der Waals surface area contributed by atoms with E-state index in [0.717, 1.165) is 25.8 Å². The summed E-state index contributed by atoms with van der Waals surface area (Å²) in [5.74, 6) is 0. The average molecular weight is 259 g/mol.